The van der Waals surface area contributed by atoms with Crippen molar-refractivity contribution >= 4 is 35.1 Å². The first-order chi connectivity index (χ1) is 13.8. The van der Waals surface area contributed by atoms with Crippen LogP contribution in [0.5, 0.6) is 5.75 Å². The topological polar surface area (TPSA) is 90.1 Å². The van der Waals surface area contributed by atoms with E-state index in [9.17, 15) is 18.0 Å². The molecule has 0 unspecified atom stereocenters. The summed E-state index contributed by atoms with van der Waals surface area (Å²) in [5, 5.41) is 9.90. The average molecular weight is 445 g/mol. The molecule has 29 heavy (non-hydrogen) atoms. The van der Waals surface area contributed by atoms with Crippen LogP contribution in [0.3, 0.4) is 0 Å². The van der Waals surface area contributed by atoms with E-state index in [-0.39, 0.29) is 27.7 Å². The fraction of sp³-hybridized carbons (Fsp3) is 0.176. The van der Waals surface area contributed by atoms with Crippen molar-refractivity contribution in [3.63, 3.8) is 0 Å². The molecule has 0 spiro atoms. The summed E-state index contributed by atoms with van der Waals surface area (Å²) in [7, 11) is 1.55. The third-order valence-corrected chi connectivity index (χ3v) is 4.60. The molecule has 0 aliphatic rings. The van der Waals surface area contributed by atoms with Crippen molar-refractivity contribution in [1.82, 2.24) is 15.2 Å². The number of alkyl halides is 3. The third kappa shape index (κ3) is 5.39. The highest BCUT2D eigenvalue weighted by Crippen LogP contribution is 2.32. The van der Waals surface area contributed by atoms with Gasteiger partial charge in [-0.2, -0.15) is 13.2 Å². The summed E-state index contributed by atoms with van der Waals surface area (Å²) in [6.45, 7) is 0. The Bertz CT molecular complexity index is 1010. The molecule has 1 aromatic carbocycles. The van der Waals surface area contributed by atoms with E-state index in [2.05, 4.69) is 20.5 Å². The summed E-state index contributed by atoms with van der Waals surface area (Å²) < 4.78 is 48.4. The number of rotatable bonds is 6. The smallest absolute Gasteiger partial charge is 0.417 e. The Balaban J connectivity index is 1.58. The zero-order valence-corrected chi connectivity index (χ0v) is 16.2. The highest BCUT2D eigenvalue weighted by molar-refractivity contribution is 7.99. The maximum atomic E-state index is 12.6. The van der Waals surface area contributed by atoms with Crippen LogP contribution in [0.25, 0.3) is 11.5 Å². The minimum Gasteiger partial charge on any atom is -0.497 e. The van der Waals surface area contributed by atoms with E-state index in [4.69, 9.17) is 20.8 Å². The Kier molecular flexibility index (Phi) is 6.28. The quantitative estimate of drug-likeness (QED) is 0.558. The van der Waals surface area contributed by atoms with Crippen LogP contribution in [0.2, 0.25) is 5.02 Å². The maximum Gasteiger partial charge on any atom is 0.417 e. The minimum atomic E-state index is -4.57. The predicted molar refractivity (Wildman–Crippen MR) is 99.9 cm³/mol. The molecule has 0 bridgehead atoms. The first-order valence-corrected chi connectivity index (χ1v) is 9.26. The Labute approximate surface area is 171 Å². The predicted octanol–water partition coefficient (Wildman–Crippen LogP) is 4.54. The lowest BCUT2D eigenvalue weighted by Crippen LogP contribution is -2.16. The van der Waals surface area contributed by atoms with E-state index in [1.54, 1.807) is 31.4 Å². The lowest BCUT2D eigenvalue weighted by atomic mass is 10.2. The number of ether oxygens (including phenoxy) is 1. The number of nitrogens with one attached hydrogen (secondary N) is 1. The van der Waals surface area contributed by atoms with Crippen LogP contribution in [0.4, 0.5) is 19.0 Å². The summed E-state index contributed by atoms with van der Waals surface area (Å²) in [6, 6.07) is 7.65. The largest absolute Gasteiger partial charge is 0.497 e. The highest BCUT2D eigenvalue weighted by atomic mass is 35.5. The lowest BCUT2D eigenvalue weighted by molar-refractivity contribution is -0.137. The SMILES string of the molecule is COc1ccc(-c2nnc(SCC(=O)Nc3ncc(C(F)(F)F)cc3Cl)o2)cc1. The number of pyridine rings is 1. The maximum absolute atomic E-state index is 12.6. The molecule has 0 fully saturated rings. The molecule has 0 radical (unpaired) electrons. The molecule has 0 atom stereocenters. The van der Waals surface area contributed by atoms with E-state index in [1.165, 1.54) is 0 Å². The van der Waals surface area contributed by atoms with Crippen molar-refractivity contribution < 1.29 is 27.1 Å². The standard InChI is InChI=1S/C17H12ClF3N4O3S/c1-27-11-4-2-9(3-5-11)15-24-25-16(28-15)29-8-13(26)23-14-12(18)6-10(7-22-14)17(19,20)21/h2-7H,8H2,1H3,(H,22,23,26). The molecule has 2 aromatic heterocycles. The molecule has 12 heteroatoms. The summed E-state index contributed by atoms with van der Waals surface area (Å²) in [6.07, 6.45) is -3.98. The van der Waals surface area contributed by atoms with Crippen LogP contribution >= 0.6 is 23.4 Å². The molecule has 0 aliphatic carbocycles. The van der Waals surface area contributed by atoms with Crippen LogP contribution in [-0.4, -0.2) is 34.0 Å². The second-order valence-electron chi connectivity index (χ2n) is 5.49. The van der Waals surface area contributed by atoms with Gasteiger partial charge < -0.3 is 14.5 Å². The monoisotopic (exact) mass is 444 g/mol. The third-order valence-electron chi connectivity index (χ3n) is 3.50. The number of hydrogen-bond donors (Lipinski definition) is 1. The second-order valence-corrected chi connectivity index (χ2v) is 6.82. The van der Waals surface area contributed by atoms with E-state index in [0.29, 0.717) is 23.6 Å². The number of hydrogen-bond acceptors (Lipinski definition) is 7. The molecule has 7 nitrogen and oxygen atoms in total. The highest BCUT2D eigenvalue weighted by Gasteiger charge is 2.31. The fourth-order valence-electron chi connectivity index (χ4n) is 2.10. The molecule has 0 saturated carbocycles. The number of thioether (sulfide) groups is 1. The molecule has 1 amide bonds. The summed E-state index contributed by atoms with van der Waals surface area (Å²) in [5.41, 5.74) is -0.331. The first kappa shape index (κ1) is 20.9. The van der Waals surface area contributed by atoms with Gasteiger partial charge in [0, 0.05) is 11.8 Å². The van der Waals surface area contributed by atoms with Crippen LogP contribution < -0.4 is 10.1 Å². The molecule has 2 heterocycles. The van der Waals surface area contributed by atoms with Crippen molar-refractivity contribution in [1.29, 1.82) is 0 Å². The number of amides is 1. The van der Waals surface area contributed by atoms with Gasteiger partial charge in [-0.1, -0.05) is 23.4 Å². The molecule has 0 saturated heterocycles. The van der Waals surface area contributed by atoms with Gasteiger partial charge in [-0.25, -0.2) is 4.98 Å². The summed E-state index contributed by atoms with van der Waals surface area (Å²) in [5.74, 6) is 0.0877. The fourth-order valence-corrected chi connectivity index (χ4v) is 2.88. The molecule has 3 aromatic rings. The van der Waals surface area contributed by atoms with Gasteiger partial charge in [-0.05, 0) is 30.3 Å². The number of anilines is 1. The zero-order chi connectivity index (χ0) is 21.0. The van der Waals surface area contributed by atoms with E-state index in [1.807, 2.05) is 0 Å². The van der Waals surface area contributed by atoms with Crippen LogP contribution in [0.15, 0.2) is 46.2 Å². The van der Waals surface area contributed by atoms with Crippen molar-refractivity contribution in [2.24, 2.45) is 0 Å². The van der Waals surface area contributed by atoms with Gasteiger partial charge in [0.15, 0.2) is 5.82 Å². The first-order valence-electron chi connectivity index (χ1n) is 7.89. The van der Waals surface area contributed by atoms with Crippen molar-refractivity contribution in [2.75, 3.05) is 18.2 Å². The van der Waals surface area contributed by atoms with Crippen LogP contribution in [0, 0.1) is 0 Å². The molecule has 3 rings (SSSR count). The minimum absolute atomic E-state index is 0.136. The number of halogens is 4. The van der Waals surface area contributed by atoms with Crippen LogP contribution in [0.1, 0.15) is 5.56 Å². The number of aromatic nitrogens is 3. The van der Waals surface area contributed by atoms with Gasteiger partial charge in [-0.15, -0.1) is 10.2 Å². The van der Waals surface area contributed by atoms with Crippen molar-refractivity contribution in [3.8, 4) is 17.2 Å². The molecule has 1 N–H and O–H groups in total. The van der Waals surface area contributed by atoms with E-state index in [0.717, 1.165) is 11.8 Å². The molecule has 0 aliphatic heterocycles. The Morgan fingerprint density at radius 3 is 2.62 bits per heavy atom. The average Bonchev–Trinajstić information content (AvgIpc) is 3.16. The normalized spacial score (nSPS) is 11.3. The van der Waals surface area contributed by atoms with E-state index >= 15 is 0 Å². The number of carbonyl (C=O) groups is 1. The second kappa shape index (κ2) is 8.70. The Morgan fingerprint density at radius 2 is 2.00 bits per heavy atom. The van der Waals surface area contributed by atoms with Gasteiger partial charge in [-0.3, -0.25) is 4.79 Å². The van der Waals surface area contributed by atoms with Crippen molar-refractivity contribution in [3.05, 3.63) is 47.1 Å². The van der Waals surface area contributed by atoms with Crippen LogP contribution in [-0.2, 0) is 11.0 Å². The molecular weight excluding hydrogens is 433 g/mol. The Hall–Kier alpha value is -2.79. The zero-order valence-electron chi connectivity index (χ0n) is 14.7. The Morgan fingerprint density at radius 1 is 1.28 bits per heavy atom. The number of carbonyl (C=O) groups excluding carboxylic acids is 1. The van der Waals surface area contributed by atoms with Gasteiger partial charge >= 0.3 is 6.18 Å². The number of nitrogens with zero attached hydrogens (tertiary/aromatic N) is 3. The van der Waals surface area contributed by atoms with Gasteiger partial charge in [0.05, 0.1) is 23.4 Å². The van der Waals surface area contributed by atoms with E-state index < -0.39 is 17.6 Å². The molecule has 152 valence electrons. The summed E-state index contributed by atoms with van der Waals surface area (Å²) >= 11 is 6.71. The van der Waals surface area contributed by atoms with Gasteiger partial charge in [0.2, 0.25) is 11.8 Å². The summed E-state index contributed by atoms with van der Waals surface area (Å²) in [4.78, 5) is 15.6. The number of methoxy groups -OCH3 is 1. The molecular formula is C17H12ClF3N4O3S. The lowest BCUT2D eigenvalue weighted by Gasteiger charge is -2.09. The number of benzene rings is 1. The van der Waals surface area contributed by atoms with Crippen molar-refractivity contribution in [2.45, 2.75) is 11.4 Å². The van der Waals surface area contributed by atoms with Gasteiger partial charge in [0.1, 0.15) is 5.75 Å². The van der Waals surface area contributed by atoms with Gasteiger partial charge in [0.25, 0.3) is 5.22 Å².